The summed E-state index contributed by atoms with van der Waals surface area (Å²) in [4.78, 5) is 13.1. The molecule has 1 fully saturated rings. The van der Waals surface area contributed by atoms with Crippen LogP contribution < -0.4 is 5.32 Å². The topological polar surface area (TPSA) is 64.9 Å². The zero-order valence-corrected chi connectivity index (χ0v) is 14.1. The average Bonchev–Trinajstić information content (AvgIpc) is 3.01. The number of fused-ring (bicyclic) bond motifs is 1. The maximum absolute atomic E-state index is 13.8. The van der Waals surface area contributed by atoms with Gasteiger partial charge in [0.15, 0.2) is 5.65 Å². The van der Waals surface area contributed by atoms with Gasteiger partial charge in [0.1, 0.15) is 11.3 Å². The molecule has 1 saturated heterocycles. The molecule has 4 rings (SSSR count). The fourth-order valence-corrected chi connectivity index (χ4v) is 3.40. The standard InChI is InChI=1S/C18H20FN5O/c1-24-12-22-15-10-20-17(23-16(15)24)21-11-18(5-7-25-8-6-18)13-3-2-4-14(19)9-13/h2-4,9-10,12H,5-8,11H2,1H3,(H,20,21,23). The molecular formula is C18H20FN5O. The second-order valence-corrected chi connectivity index (χ2v) is 6.51. The first-order valence-electron chi connectivity index (χ1n) is 8.38. The number of rotatable bonds is 4. The van der Waals surface area contributed by atoms with Crippen molar-refractivity contribution in [1.29, 1.82) is 0 Å². The monoisotopic (exact) mass is 341 g/mol. The molecule has 3 heterocycles. The molecule has 0 unspecified atom stereocenters. The van der Waals surface area contributed by atoms with E-state index in [0.29, 0.717) is 25.7 Å². The Balaban J connectivity index is 1.61. The Morgan fingerprint density at radius 1 is 1.28 bits per heavy atom. The minimum absolute atomic E-state index is 0.189. The quantitative estimate of drug-likeness (QED) is 0.790. The molecule has 7 heteroatoms. The molecule has 0 saturated carbocycles. The second-order valence-electron chi connectivity index (χ2n) is 6.51. The van der Waals surface area contributed by atoms with Gasteiger partial charge in [-0.15, -0.1) is 0 Å². The van der Waals surface area contributed by atoms with Crippen LogP contribution in [-0.2, 0) is 17.2 Å². The predicted molar refractivity (Wildman–Crippen MR) is 92.9 cm³/mol. The normalized spacial score (nSPS) is 16.9. The lowest BCUT2D eigenvalue weighted by Crippen LogP contribution is -2.40. The first-order valence-corrected chi connectivity index (χ1v) is 8.38. The number of aryl methyl sites for hydroxylation is 1. The summed E-state index contributed by atoms with van der Waals surface area (Å²) in [5.74, 6) is 0.342. The van der Waals surface area contributed by atoms with Crippen LogP contribution in [-0.4, -0.2) is 39.3 Å². The molecule has 0 aliphatic carbocycles. The summed E-state index contributed by atoms with van der Waals surface area (Å²) >= 11 is 0. The van der Waals surface area contributed by atoms with E-state index in [9.17, 15) is 4.39 Å². The van der Waals surface area contributed by atoms with E-state index < -0.39 is 0 Å². The number of aromatic nitrogens is 4. The van der Waals surface area contributed by atoms with Gasteiger partial charge in [0, 0.05) is 32.2 Å². The highest BCUT2D eigenvalue weighted by molar-refractivity contribution is 5.70. The van der Waals surface area contributed by atoms with Gasteiger partial charge in [-0.3, -0.25) is 0 Å². The number of nitrogens with zero attached hydrogens (tertiary/aromatic N) is 4. The third-order valence-electron chi connectivity index (χ3n) is 4.93. The molecule has 1 aliphatic heterocycles. The van der Waals surface area contributed by atoms with E-state index in [1.807, 2.05) is 17.7 Å². The molecule has 6 nitrogen and oxygen atoms in total. The molecule has 0 bridgehead atoms. The Labute approximate surface area is 145 Å². The van der Waals surface area contributed by atoms with Crippen molar-refractivity contribution in [2.75, 3.05) is 25.1 Å². The molecule has 0 radical (unpaired) electrons. The minimum Gasteiger partial charge on any atom is -0.381 e. The van der Waals surface area contributed by atoms with Crippen LogP contribution in [0.15, 0.2) is 36.8 Å². The molecule has 1 N–H and O–H groups in total. The van der Waals surface area contributed by atoms with Crippen LogP contribution in [0.25, 0.3) is 11.2 Å². The largest absolute Gasteiger partial charge is 0.381 e. The van der Waals surface area contributed by atoms with Crippen molar-refractivity contribution >= 4 is 17.1 Å². The van der Waals surface area contributed by atoms with E-state index in [0.717, 1.165) is 29.6 Å². The molecular weight excluding hydrogens is 321 g/mol. The number of ether oxygens (including phenoxy) is 1. The van der Waals surface area contributed by atoms with Crippen molar-refractivity contribution in [3.05, 3.63) is 48.2 Å². The van der Waals surface area contributed by atoms with Crippen LogP contribution in [0, 0.1) is 5.82 Å². The van der Waals surface area contributed by atoms with E-state index >= 15 is 0 Å². The number of hydrogen-bond acceptors (Lipinski definition) is 5. The number of imidazole rings is 1. The van der Waals surface area contributed by atoms with Gasteiger partial charge < -0.3 is 14.6 Å². The van der Waals surface area contributed by atoms with Crippen LogP contribution in [0.2, 0.25) is 0 Å². The summed E-state index contributed by atoms with van der Waals surface area (Å²) in [7, 11) is 1.90. The van der Waals surface area contributed by atoms with Crippen LogP contribution in [0.1, 0.15) is 18.4 Å². The lowest BCUT2D eigenvalue weighted by atomic mass is 9.74. The van der Waals surface area contributed by atoms with Gasteiger partial charge in [-0.1, -0.05) is 12.1 Å². The Kier molecular flexibility index (Phi) is 4.09. The van der Waals surface area contributed by atoms with Gasteiger partial charge in [0.05, 0.1) is 12.5 Å². The highest BCUT2D eigenvalue weighted by Crippen LogP contribution is 2.35. The number of halogens is 1. The second kappa shape index (κ2) is 6.40. The van der Waals surface area contributed by atoms with E-state index in [4.69, 9.17) is 4.74 Å². The molecule has 0 spiro atoms. The van der Waals surface area contributed by atoms with Crippen molar-refractivity contribution in [3.8, 4) is 0 Å². The predicted octanol–water partition coefficient (Wildman–Crippen LogP) is 2.66. The number of benzene rings is 1. The van der Waals surface area contributed by atoms with Crippen molar-refractivity contribution in [2.45, 2.75) is 18.3 Å². The van der Waals surface area contributed by atoms with Gasteiger partial charge in [-0.2, -0.15) is 4.98 Å². The van der Waals surface area contributed by atoms with Crippen LogP contribution in [0.5, 0.6) is 0 Å². The van der Waals surface area contributed by atoms with Crippen LogP contribution >= 0.6 is 0 Å². The fourth-order valence-electron chi connectivity index (χ4n) is 3.40. The Morgan fingerprint density at radius 2 is 2.12 bits per heavy atom. The van der Waals surface area contributed by atoms with E-state index in [2.05, 4.69) is 20.3 Å². The molecule has 25 heavy (non-hydrogen) atoms. The van der Waals surface area contributed by atoms with Crippen molar-refractivity contribution in [2.24, 2.45) is 7.05 Å². The summed E-state index contributed by atoms with van der Waals surface area (Å²) in [6.07, 6.45) is 5.09. The Hall–Kier alpha value is -2.54. The fraction of sp³-hybridized carbons (Fsp3) is 0.389. The summed E-state index contributed by atoms with van der Waals surface area (Å²) < 4.78 is 21.1. The molecule has 130 valence electrons. The lowest BCUT2D eigenvalue weighted by Gasteiger charge is -2.38. The SMILES string of the molecule is Cn1cnc2cnc(NCC3(c4cccc(F)c4)CCOCC3)nc21. The summed E-state index contributed by atoms with van der Waals surface area (Å²) in [6, 6.07) is 6.85. The van der Waals surface area contributed by atoms with E-state index in [-0.39, 0.29) is 11.2 Å². The summed E-state index contributed by atoms with van der Waals surface area (Å²) in [6.45, 7) is 1.96. The molecule has 0 amide bonds. The third-order valence-corrected chi connectivity index (χ3v) is 4.93. The van der Waals surface area contributed by atoms with Crippen molar-refractivity contribution in [1.82, 2.24) is 19.5 Å². The molecule has 2 aromatic heterocycles. The third kappa shape index (κ3) is 3.07. The maximum atomic E-state index is 13.8. The van der Waals surface area contributed by atoms with Crippen molar-refractivity contribution < 1.29 is 9.13 Å². The molecule has 1 aromatic carbocycles. The molecule has 1 aliphatic rings. The van der Waals surface area contributed by atoms with Crippen molar-refractivity contribution in [3.63, 3.8) is 0 Å². The van der Waals surface area contributed by atoms with Crippen LogP contribution in [0.3, 0.4) is 0 Å². The Bertz CT molecular complexity index is 888. The number of nitrogens with one attached hydrogen (secondary N) is 1. The van der Waals surface area contributed by atoms with E-state index in [1.54, 1.807) is 24.7 Å². The summed E-state index contributed by atoms with van der Waals surface area (Å²) in [5, 5.41) is 3.34. The van der Waals surface area contributed by atoms with Gasteiger partial charge in [0.2, 0.25) is 5.95 Å². The Morgan fingerprint density at radius 3 is 2.92 bits per heavy atom. The zero-order chi connectivity index (χ0) is 17.3. The first-order chi connectivity index (χ1) is 12.2. The molecule has 3 aromatic rings. The number of hydrogen-bond donors (Lipinski definition) is 1. The molecule has 0 atom stereocenters. The highest BCUT2D eigenvalue weighted by Gasteiger charge is 2.34. The summed E-state index contributed by atoms with van der Waals surface area (Å²) in [5.41, 5.74) is 2.35. The smallest absolute Gasteiger partial charge is 0.224 e. The van der Waals surface area contributed by atoms with Gasteiger partial charge >= 0.3 is 0 Å². The van der Waals surface area contributed by atoms with Gasteiger partial charge in [0.25, 0.3) is 0 Å². The maximum Gasteiger partial charge on any atom is 0.224 e. The van der Waals surface area contributed by atoms with Gasteiger partial charge in [-0.05, 0) is 30.5 Å². The van der Waals surface area contributed by atoms with Gasteiger partial charge in [-0.25, -0.2) is 14.4 Å². The zero-order valence-electron chi connectivity index (χ0n) is 14.1. The average molecular weight is 341 g/mol. The lowest BCUT2D eigenvalue weighted by molar-refractivity contribution is 0.0542. The van der Waals surface area contributed by atoms with Crippen LogP contribution in [0.4, 0.5) is 10.3 Å². The minimum atomic E-state index is -0.212. The number of anilines is 1. The first kappa shape index (κ1) is 16.0. The van der Waals surface area contributed by atoms with E-state index in [1.165, 1.54) is 6.07 Å². The highest BCUT2D eigenvalue weighted by atomic mass is 19.1.